The zero-order chi connectivity index (χ0) is 14.0. The van der Waals surface area contributed by atoms with Crippen molar-refractivity contribution in [2.24, 2.45) is 0 Å². The van der Waals surface area contributed by atoms with Gasteiger partial charge in [0.2, 0.25) is 0 Å². The molecule has 0 bridgehead atoms. The summed E-state index contributed by atoms with van der Waals surface area (Å²) in [5.41, 5.74) is 1.72. The molecule has 2 aromatic heterocycles. The smallest absolute Gasteiger partial charge is 0.264 e. The first-order valence-corrected chi connectivity index (χ1v) is 7.14. The first-order valence-electron chi connectivity index (χ1n) is 6.06. The zero-order valence-corrected chi connectivity index (χ0v) is 13.4. The van der Waals surface area contributed by atoms with E-state index in [-0.39, 0.29) is 11.0 Å². The normalized spacial score (nSPS) is 11.6. The van der Waals surface area contributed by atoms with Crippen molar-refractivity contribution in [3.63, 3.8) is 0 Å². The molecule has 1 N–H and O–H groups in total. The number of aromatic amines is 1. The van der Waals surface area contributed by atoms with Crippen molar-refractivity contribution in [3.8, 4) is 0 Å². The number of halogens is 1. The van der Waals surface area contributed by atoms with Gasteiger partial charge in [0.1, 0.15) is 9.39 Å². The summed E-state index contributed by atoms with van der Waals surface area (Å²) in [7, 11) is 0. The van der Waals surface area contributed by atoms with E-state index in [9.17, 15) is 4.79 Å². The van der Waals surface area contributed by atoms with Crippen LogP contribution in [0.1, 0.15) is 37.9 Å². The summed E-state index contributed by atoms with van der Waals surface area (Å²) in [5, 5.41) is 0. The summed E-state index contributed by atoms with van der Waals surface area (Å²) in [6, 6.07) is 3.85. The maximum atomic E-state index is 12.0. The highest BCUT2D eigenvalue weighted by atomic mass is 127. The number of rotatable bonds is 2. The fourth-order valence-electron chi connectivity index (χ4n) is 1.78. The van der Waals surface area contributed by atoms with Crippen LogP contribution in [-0.4, -0.2) is 15.0 Å². The molecule has 4 nitrogen and oxygen atoms in total. The predicted molar refractivity (Wildman–Crippen MR) is 83.3 cm³/mol. The van der Waals surface area contributed by atoms with E-state index in [4.69, 9.17) is 0 Å². The second kappa shape index (κ2) is 5.40. The highest BCUT2D eigenvalue weighted by molar-refractivity contribution is 14.1. The molecule has 2 heterocycles. The molecule has 0 saturated carbocycles. The molecule has 2 aromatic rings. The van der Waals surface area contributed by atoms with E-state index in [0.29, 0.717) is 15.8 Å². The van der Waals surface area contributed by atoms with E-state index < -0.39 is 0 Å². The van der Waals surface area contributed by atoms with Crippen molar-refractivity contribution >= 4 is 22.6 Å². The molecule has 0 aliphatic carbocycles. The molecule has 0 saturated heterocycles. The summed E-state index contributed by atoms with van der Waals surface area (Å²) >= 11 is 2.06. The van der Waals surface area contributed by atoms with Crippen LogP contribution in [0.5, 0.6) is 0 Å². The second-order valence-corrected chi connectivity index (χ2v) is 6.54. The van der Waals surface area contributed by atoms with Crippen molar-refractivity contribution in [1.82, 2.24) is 15.0 Å². The minimum Gasteiger partial charge on any atom is -0.309 e. The van der Waals surface area contributed by atoms with Gasteiger partial charge in [0, 0.05) is 24.2 Å². The summed E-state index contributed by atoms with van der Waals surface area (Å²) in [6.07, 6.45) is 4.09. The Morgan fingerprint density at radius 1 is 1.26 bits per heavy atom. The van der Waals surface area contributed by atoms with Crippen molar-refractivity contribution in [1.29, 1.82) is 0 Å². The van der Waals surface area contributed by atoms with Crippen LogP contribution in [0.25, 0.3) is 0 Å². The molecular formula is C14H16IN3O. The third-order valence-corrected chi connectivity index (χ3v) is 3.74. The van der Waals surface area contributed by atoms with Gasteiger partial charge in [-0.05, 0) is 40.3 Å². The Balaban J connectivity index is 2.43. The third kappa shape index (κ3) is 3.40. The lowest BCUT2D eigenvalue weighted by molar-refractivity contribution is 0.556. The second-order valence-electron chi connectivity index (χ2n) is 5.46. The predicted octanol–water partition coefficient (Wildman–Crippen LogP) is 2.66. The molecule has 0 radical (unpaired) electrons. The van der Waals surface area contributed by atoms with Crippen molar-refractivity contribution in [3.05, 3.63) is 55.5 Å². The van der Waals surface area contributed by atoms with E-state index in [2.05, 4.69) is 58.3 Å². The zero-order valence-electron chi connectivity index (χ0n) is 11.2. The van der Waals surface area contributed by atoms with Crippen molar-refractivity contribution in [2.75, 3.05) is 0 Å². The van der Waals surface area contributed by atoms with Gasteiger partial charge < -0.3 is 4.98 Å². The molecule has 0 aliphatic heterocycles. The third-order valence-electron chi connectivity index (χ3n) is 2.74. The molecule has 100 valence electrons. The summed E-state index contributed by atoms with van der Waals surface area (Å²) < 4.78 is 0.670. The van der Waals surface area contributed by atoms with E-state index in [1.54, 1.807) is 12.4 Å². The standard InChI is InChI=1S/C14H16IN3O/c1-14(2,3)12-11(15)13(19)18-10(17-12)8-9-4-6-16-7-5-9/h4-7H,8H2,1-3H3,(H,17,18,19). The first-order chi connectivity index (χ1) is 8.88. The molecule has 5 heteroatoms. The lowest BCUT2D eigenvalue weighted by Gasteiger charge is -2.19. The highest BCUT2D eigenvalue weighted by Crippen LogP contribution is 2.23. The largest absolute Gasteiger partial charge is 0.309 e. The molecule has 19 heavy (non-hydrogen) atoms. The molecule has 0 aromatic carbocycles. The topological polar surface area (TPSA) is 58.6 Å². The number of hydrogen-bond donors (Lipinski definition) is 1. The lowest BCUT2D eigenvalue weighted by atomic mass is 9.92. The number of pyridine rings is 1. The van der Waals surface area contributed by atoms with Crippen LogP contribution in [0.3, 0.4) is 0 Å². The molecule has 0 fully saturated rings. The number of H-pyrrole nitrogens is 1. The van der Waals surface area contributed by atoms with Gasteiger partial charge in [0.15, 0.2) is 0 Å². The lowest BCUT2D eigenvalue weighted by Crippen LogP contribution is -2.25. The van der Waals surface area contributed by atoms with Gasteiger partial charge in [-0.25, -0.2) is 4.98 Å². The summed E-state index contributed by atoms with van der Waals surface area (Å²) in [6.45, 7) is 6.19. The van der Waals surface area contributed by atoms with E-state index >= 15 is 0 Å². The highest BCUT2D eigenvalue weighted by Gasteiger charge is 2.21. The van der Waals surface area contributed by atoms with Crippen LogP contribution in [-0.2, 0) is 11.8 Å². The Morgan fingerprint density at radius 3 is 2.47 bits per heavy atom. The molecule has 0 spiro atoms. The Labute approximate surface area is 125 Å². The minimum absolute atomic E-state index is 0.0652. The Bertz CT molecular complexity index is 629. The quantitative estimate of drug-likeness (QED) is 0.829. The average molecular weight is 369 g/mol. The fraction of sp³-hybridized carbons (Fsp3) is 0.357. The number of hydrogen-bond acceptors (Lipinski definition) is 3. The van der Waals surface area contributed by atoms with Gasteiger partial charge in [0.25, 0.3) is 5.56 Å². The van der Waals surface area contributed by atoms with Gasteiger partial charge in [-0.15, -0.1) is 0 Å². The number of nitrogens with one attached hydrogen (secondary N) is 1. The number of nitrogens with zero attached hydrogens (tertiary/aromatic N) is 2. The van der Waals surface area contributed by atoms with E-state index in [1.807, 2.05) is 12.1 Å². The Morgan fingerprint density at radius 2 is 1.89 bits per heavy atom. The van der Waals surface area contributed by atoms with Crippen LogP contribution in [0.4, 0.5) is 0 Å². The van der Waals surface area contributed by atoms with Crippen molar-refractivity contribution in [2.45, 2.75) is 32.6 Å². The fourth-order valence-corrected chi connectivity index (χ4v) is 2.84. The summed E-state index contributed by atoms with van der Waals surface area (Å²) in [5.74, 6) is 0.696. The van der Waals surface area contributed by atoms with E-state index in [0.717, 1.165) is 11.3 Å². The molecular weight excluding hydrogens is 353 g/mol. The van der Waals surface area contributed by atoms with Gasteiger partial charge >= 0.3 is 0 Å². The summed E-state index contributed by atoms with van der Waals surface area (Å²) in [4.78, 5) is 23.4. The molecule has 0 unspecified atom stereocenters. The monoisotopic (exact) mass is 369 g/mol. The van der Waals surface area contributed by atoms with Crippen LogP contribution >= 0.6 is 22.6 Å². The van der Waals surface area contributed by atoms with Gasteiger partial charge in [0.05, 0.1) is 5.69 Å². The van der Waals surface area contributed by atoms with Gasteiger partial charge in [-0.1, -0.05) is 20.8 Å². The van der Waals surface area contributed by atoms with Crippen molar-refractivity contribution < 1.29 is 0 Å². The Kier molecular flexibility index (Phi) is 4.03. The molecule has 0 amide bonds. The number of aromatic nitrogens is 3. The molecule has 2 rings (SSSR count). The van der Waals surface area contributed by atoms with Crippen LogP contribution in [0.15, 0.2) is 29.3 Å². The Hall–Kier alpha value is -1.24. The van der Waals surface area contributed by atoms with E-state index in [1.165, 1.54) is 0 Å². The SMILES string of the molecule is CC(C)(C)c1nc(Cc2ccncc2)[nH]c(=O)c1I. The average Bonchev–Trinajstić information content (AvgIpc) is 2.33. The maximum Gasteiger partial charge on any atom is 0.264 e. The van der Waals surface area contributed by atoms with Gasteiger partial charge in [-0.2, -0.15) is 0 Å². The van der Waals surface area contributed by atoms with Crippen LogP contribution in [0.2, 0.25) is 0 Å². The van der Waals surface area contributed by atoms with Crippen LogP contribution < -0.4 is 5.56 Å². The first kappa shape index (κ1) is 14.2. The molecule has 0 aliphatic rings. The minimum atomic E-state index is -0.141. The molecule has 0 atom stereocenters. The van der Waals surface area contributed by atoms with Crippen LogP contribution in [0, 0.1) is 3.57 Å². The maximum absolute atomic E-state index is 12.0. The van der Waals surface area contributed by atoms with Gasteiger partial charge in [-0.3, -0.25) is 9.78 Å².